The Balaban J connectivity index is 3.05. The molecule has 0 amide bonds. The van der Waals surface area contributed by atoms with Crippen molar-refractivity contribution >= 4 is 12.9 Å². The fourth-order valence-corrected chi connectivity index (χ4v) is 2.58. The van der Waals surface area contributed by atoms with Gasteiger partial charge in [-0.25, -0.2) is 0 Å². The Bertz CT molecular complexity index is 373. The van der Waals surface area contributed by atoms with Crippen LogP contribution in [0.3, 0.4) is 0 Å². The van der Waals surface area contributed by atoms with Gasteiger partial charge in [-0.3, -0.25) is 14.5 Å². The van der Waals surface area contributed by atoms with Crippen LogP contribution in [-0.2, 0) is 13.6 Å². The van der Waals surface area contributed by atoms with Crippen molar-refractivity contribution in [1.82, 2.24) is 10.2 Å². The number of aromatic amines is 2. The van der Waals surface area contributed by atoms with Crippen molar-refractivity contribution in [3.63, 3.8) is 0 Å². The Hall–Kier alpha value is -0.840. The lowest BCUT2D eigenvalue weighted by molar-refractivity contribution is 0.230. The van der Waals surface area contributed by atoms with Gasteiger partial charge in [0.1, 0.15) is 5.30 Å². The average Bonchev–Trinajstić information content (AvgIpc) is 2.52. The van der Waals surface area contributed by atoms with Crippen LogP contribution >= 0.6 is 7.60 Å². The van der Waals surface area contributed by atoms with Gasteiger partial charge in [-0.1, -0.05) is 0 Å². The van der Waals surface area contributed by atoms with Crippen molar-refractivity contribution in [3.05, 3.63) is 16.6 Å². The van der Waals surface area contributed by atoms with Crippen LogP contribution in [0.15, 0.2) is 11.0 Å². The molecule has 0 aliphatic carbocycles. The Morgan fingerprint density at radius 1 is 1.36 bits per heavy atom. The second kappa shape index (κ2) is 4.59. The molecule has 0 aliphatic rings. The van der Waals surface area contributed by atoms with E-state index in [-0.39, 0.29) is 18.5 Å². The normalized spacial score (nSPS) is 11.9. The number of hydrogen-bond acceptors (Lipinski definition) is 4. The van der Waals surface area contributed by atoms with Crippen LogP contribution in [0.2, 0.25) is 0 Å². The predicted molar refractivity (Wildman–Crippen MR) is 51.9 cm³/mol. The molecule has 7 heteroatoms. The maximum atomic E-state index is 12.0. The second-order valence-corrected chi connectivity index (χ2v) is 4.45. The lowest BCUT2D eigenvalue weighted by atomic mass is 10.7. The number of nitrogens with one attached hydrogen (secondary N) is 2. The summed E-state index contributed by atoms with van der Waals surface area (Å²) in [6.45, 7) is 3.82. The van der Waals surface area contributed by atoms with Crippen LogP contribution in [0.1, 0.15) is 13.8 Å². The third-order valence-electron chi connectivity index (χ3n) is 1.52. The van der Waals surface area contributed by atoms with Crippen molar-refractivity contribution in [2.75, 3.05) is 13.2 Å². The van der Waals surface area contributed by atoms with Gasteiger partial charge in [-0.15, -0.1) is 0 Å². The molecule has 14 heavy (non-hydrogen) atoms. The largest absolute Gasteiger partial charge is 0.368 e. The highest BCUT2D eigenvalue weighted by Gasteiger charge is 2.30. The number of aromatic nitrogens is 2. The molecule has 80 valence electrons. The topological polar surface area (TPSA) is 84.2 Å². The first-order valence-corrected chi connectivity index (χ1v) is 5.84. The van der Waals surface area contributed by atoms with Gasteiger partial charge < -0.3 is 14.1 Å². The first-order chi connectivity index (χ1) is 6.64. The molecule has 0 radical (unpaired) electrons. The lowest BCUT2D eigenvalue weighted by Crippen LogP contribution is -2.23. The molecule has 0 atom stereocenters. The molecule has 0 unspecified atom stereocenters. The number of rotatable bonds is 5. The summed E-state index contributed by atoms with van der Waals surface area (Å²) in [5.74, 6) is 0. The molecule has 0 aliphatic heterocycles. The maximum Gasteiger partial charge on any atom is 0.368 e. The summed E-state index contributed by atoms with van der Waals surface area (Å²) in [4.78, 5) is 11.2. The molecule has 2 N–H and O–H groups in total. The first-order valence-electron chi connectivity index (χ1n) is 4.29. The predicted octanol–water partition coefficient (Wildman–Crippen LogP) is 0.594. The van der Waals surface area contributed by atoms with E-state index in [2.05, 4.69) is 10.2 Å². The van der Waals surface area contributed by atoms with E-state index in [4.69, 9.17) is 9.05 Å². The fourth-order valence-electron chi connectivity index (χ4n) is 1.02. The van der Waals surface area contributed by atoms with E-state index in [1.807, 2.05) is 0 Å². The zero-order valence-electron chi connectivity index (χ0n) is 8.07. The summed E-state index contributed by atoms with van der Waals surface area (Å²) in [6, 6.07) is 0. The van der Waals surface area contributed by atoms with E-state index in [9.17, 15) is 9.36 Å². The fraction of sp³-hybridized carbons (Fsp3) is 0.571. The molecule has 1 rings (SSSR count). The SMILES string of the molecule is CCOP(=O)(OCC)c1c[nH][nH]c1=O. The standard InChI is InChI=1S/C7H13N2O4P/c1-3-12-14(11,13-4-2)6-5-8-9-7(6)10/h5H,3-4H2,1-2H3,(H2,8,9,10). The molecule has 0 saturated carbocycles. The van der Waals surface area contributed by atoms with Gasteiger partial charge in [-0.05, 0) is 13.8 Å². The minimum atomic E-state index is -3.44. The molecule has 0 aromatic carbocycles. The number of H-pyrrole nitrogens is 2. The summed E-state index contributed by atoms with van der Waals surface area (Å²) in [5.41, 5.74) is -0.477. The maximum absolute atomic E-state index is 12.0. The quantitative estimate of drug-likeness (QED) is 0.711. The van der Waals surface area contributed by atoms with Crippen molar-refractivity contribution < 1.29 is 13.6 Å². The smallest absolute Gasteiger partial charge is 0.305 e. The molecule has 0 bridgehead atoms. The van der Waals surface area contributed by atoms with E-state index in [0.29, 0.717) is 0 Å². The number of hydrogen-bond donors (Lipinski definition) is 2. The van der Waals surface area contributed by atoms with E-state index in [1.54, 1.807) is 13.8 Å². The van der Waals surface area contributed by atoms with Gasteiger partial charge in [0.25, 0.3) is 5.56 Å². The van der Waals surface area contributed by atoms with Crippen LogP contribution < -0.4 is 10.9 Å². The van der Waals surface area contributed by atoms with Gasteiger partial charge in [0.15, 0.2) is 0 Å². The van der Waals surface area contributed by atoms with Crippen LogP contribution in [0.25, 0.3) is 0 Å². The first kappa shape index (κ1) is 11.2. The minimum absolute atomic E-state index is 0.0150. The van der Waals surface area contributed by atoms with Crippen LogP contribution in [-0.4, -0.2) is 23.4 Å². The van der Waals surface area contributed by atoms with E-state index >= 15 is 0 Å². The third kappa shape index (κ3) is 2.15. The Labute approximate surface area is 81.1 Å². The van der Waals surface area contributed by atoms with Crippen LogP contribution in [0.5, 0.6) is 0 Å². The van der Waals surface area contributed by atoms with Gasteiger partial charge in [0, 0.05) is 6.20 Å². The van der Waals surface area contributed by atoms with E-state index in [1.165, 1.54) is 6.20 Å². The Morgan fingerprint density at radius 3 is 2.29 bits per heavy atom. The van der Waals surface area contributed by atoms with E-state index in [0.717, 1.165) is 0 Å². The van der Waals surface area contributed by atoms with E-state index < -0.39 is 13.2 Å². The summed E-state index contributed by atoms with van der Waals surface area (Å²) < 4.78 is 22.0. The molecular weight excluding hydrogens is 207 g/mol. The van der Waals surface area contributed by atoms with Crippen LogP contribution in [0.4, 0.5) is 0 Å². The Morgan fingerprint density at radius 2 is 1.93 bits per heavy atom. The molecule has 1 heterocycles. The molecule has 0 saturated heterocycles. The molecule has 1 aromatic heterocycles. The van der Waals surface area contributed by atoms with Gasteiger partial charge >= 0.3 is 7.60 Å². The summed E-state index contributed by atoms with van der Waals surface area (Å²) >= 11 is 0. The monoisotopic (exact) mass is 220 g/mol. The van der Waals surface area contributed by atoms with Crippen molar-refractivity contribution in [2.45, 2.75) is 13.8 Å². The Kier molecular flexibility index (Phi) is 3.69. The lowest BCUT2D eigenvalue weighted by Gasteiger charge is -2.13. The minimum Gasteiger partial charge on any atom is -0.305 e. The summed E-state index contributed by atoms with van der Waals surface area (Å²) in [5, 5.41) is 4.74. The highest BCUT2D eigenvalue weighted by Crippen LogP contribution is 2.45. The van der Waals surface area contributed by atoms with Gasteiger partial charge in [0.2, 0.25) is 0 Å². The van der Waals surface area contributed by atoms with Crippen molar-refractivity contribution in [1.29, 1.82) is 0 Å². The second-order valence-electron chi connectivity index (χ2n) is 2.46. The van der Waals surface area contributed by atoms with Crippen molar-refractivity contribution in [3.8, 4) is 0 Å². The van der Waals surface area contributed by atoms with Crippen LogP contribution in [0, 0.1) is 0 Å². The molecule has 1 aromatic rings. The average molecular weight is 220 g/mol. The molecular formula is C7H13N2O4P. The zero-order chi connectivity index (χ0) is 10.6. The van der Waals surface area contributed by atoms with Gasteiger partial charge in [-0.2, -0.15) is 0 Å². The molecule has 0 spiro atoms. The van der Waals surface area contributed by atoms with Gasteiger partial charge in [0.05, 0.1) is 13.2 Å². The molecule has 6 nitrogen and oxygen atoms in total. The molecule has 0 fully saturated rings. The third-order valence-corrected chi connectivity index (χ3v) is 3.64. The highest BCUT2D eigenvalue weighted by molar-refractivity contribution is 7.62. The summed E-state index contributed by atoms with van der Waals surface area (Å²) in [7, 11) is -3.44. The highest BCUT2D eigenvalue weighted by atomic mass is 31.2. The van der Waals surface area contributed by atoms with Crippen molar-refractivity contribution in [2.24, 2.45) is 0 Å². The summed E-state index contributed by atoms with van der Waals surface area (Å²) in [6.07, 6.45) is 1.30. The zero-order valence-corrected chi connectivity index (χ0v) is 8.97.